The number of carboxylic acid groups (broad SMARTS) is 1. The van der Waals surface area contributed by atoms with Gasteiger partial charge in [0.25, 0.3) is 0 Å². The number of hydrogen-bond donors (Lipinski definition) is 1. The topological polar surface area (TPSA) is 60.9 Å². The highest BCUT2D eigenvalue weighted by Crippen LogP contribution is 2.25. The van der Waals surface area contributed by atoms with E-state index in [2.05, 4.69) is 0 Å². The van der Waals surface area contributed by atoms with E-state index in [4.69, 9.17) is 5.11 Å². The smallest absolute Gasteiger partial charge is 0.324 e. The lowest BCUT2D eigenvalue weighted by atomic mass is 10.2. The van der Waals surface area contributed by atoms with Crippen LogP contribution in [0.1, 0.15) is 31.2 Å². The number of rotatable bonds is 4. The molecule has 2 amide bonds. The standard InChI is InChI=1S/C16H22N2O3/c1-12-7-9-13(10-8-12)17(2)16(21)18(11-15(19)20)14-5-3-4-6-14/h7-10,14H,3-6,11H2,1-2H3,(H,19,20). The summed E-state index contributed by atoms with van der Waals surface area (Å²) in [6.45, 7) is 1.75. The van der Waals surface area contributed by atoms with Gasteiger partial charge in [-0.05, 0) is 31.9 Å². The van der Waals surface area contributed by atoms with Gasteiger partial charge >= 0.3 is 12.0 Å². The minimum Gasteiger partial charge on any atom is -0.480 e. The van der Waals surface area contributed by atoms with Gasteiger partial charge in [-0.25, -0.2) is 4.79 Å². The van der Waals surface area contributed by atoms with Crippen LogP contribution in [-0.2, 0) is 4.79 Å². The molecule has 0 bridgehead atoms. The molecule has 21 heavy (non-hydrogen) atoms. The number of hydrogen-bond acceptors (Lipinski definition) is 2. The number of amides is 2. The molecule has 0 saturated heterocycles. The zero-order valence-electron chi connectivity index (χ0n) is 12.6. The van der Waals surface area contributed by atoms with Crippen LogP contribution >= 0.6 is 0 Å². The molecule has 0 unspecified atom stereocenters. The molecule has 1 fully saturated rings. The molecule has 1 N–H and O–H groups in total. The van der Waals surface area contributed by atoms with E-state index in [1.807, 2.05) is 31.2 Å². The van der Waals surface area contributed by atoms with Crippen LogP contribution < -0.4 is 4.90 Å². The molecule has 1 aromatic carbocycles. The van der Waals surface area contributed by atoms with Crippen molar-refractivity contribution >= 4 is 17.7 Å². The summed E-state index contributed by atoms with van der Waals surface area (Å²) < 4.78 is 0. The number of nitrogens with zero attached hydrogens (tertiary/aromatic N) is 2. The van der Waals surface area contributed by atoms with E-state index in [9.17, 15) is 9.59 Å². The maximum Gasteiger partial charge on any atom is 0.324 e. The third-order valence-corrected chi connectivity index (χ3v) is 4.02. The quantitative estimate of drug-likeness (QED) is 0.927. The lowest BCUT2D eigenvalue weighted by molar-refractivity contribution is -0.138. The Morgan fingerprint density at radius 1 is 1.19 bits per heavy atom. The highest BCUT2D eigenvalue weighted by atomic mass is 16.4. The highest BCUT2D eigenvalue weighted by Gasteiger charge is 2.30. The van der Waals surface area contributed by atoms with Crippen molar-refractivity contribution in [2.75, 3.05) is 18.5 Å². The zero-order valence-corrected chi connectivity index (χ0v) is 12.6. The molecule has 1 aliphatic carbocycles. The third kappa shape index (κ3) is 3.74. The number of benzene rings is 1. The van der Waals surface area contributed by atoms with Crippen LogP contribution in [0.15, 0.2) is 24.3 Å². The number of carboxylic acids is 1. The summed E-state index contributed by atoms with van der Waals surface area (Å²) in [6.07, 6.45) is 3.89. The monoisotopic (exact) mass is 290 g/mol. The maximum absolute atomic E-state index is 12.6. The Morgan fingerprint density at radius 3 is 2.29 bits per heavy atom. The molecule has 0 heterocycles. The molecule has 0 radical (unpaired) electrons. The van der Waals surface area contributed by atoms with Gasteiger partial charge in [0.15, 0.2) is 0 Å². The van der Waals surface area contributed by atoms with Crippen LogP contribution in [0.25, 0.3) is 0 Å². The predicted molar refractivity (Wildman–Crippen MR) is 81.6 cm³/mol. The average molecular weight is 290 g/mol. The normalized spacial score (nSPS) is 15.0. The Hall–Kier alpha value is -2.04. The van der Waals surface area contributed by atoms with Crippen molar-refractivity contribution in [1.29, 1.82) is 0 Å². The van der Waals surface area contributed by atoms with Crippen molar-refractivity contribution in [3.8, 4) is 0 Å². The van der Waals surface area contributed by atoms with E-state index in [-0.39, 0.29) is 18.6 Å². The van der Waals surface area contributed by atoms with Gasteiger partial charge in [-0.1, -0.05) is 30.5 Å². The van der Waals surface area contributed by atoms with Gasteiger partial charge in [0.2, 0.25) is 0 Å². The van der Waals surface area contributed by atoms with Crippen LogP contribution in [-0.4, -0.2) is 41.6 Å². The molecular formula is C16H22N2O3. The van der Waals surface area contributed by atoms with E-state index in [1.54, 1.807) is 7.05 Å². The number of aliphatic carboxylic acids is 1. The van der Waals surface area contributed by atoms with E-state index in [0.717, 1.165) is 36.9 Å². The van der Waals surface area contributed by atoms with Gasteiger partial charge in [0.05, 0.1) is 0 Å². The largest absolute Gasteiger partial charge is 0.480 e. The van der Waals surface area contributed by atoms with E-state index < -0.39 is 5.97 Å². The van der Waals surface area contributed by atoms with Crippen molar-refractivity contribution in [3.63, 3.8) is 0 Å². The van der Waals surface area contributed by atoms with Gasteiger partial charge in [0, 0.05) is 18.8 Å². The first kappa shape index (κ1) is 15.4. The molecule has 0 aliphatic heterocycles. The van der Waals surface area contributed by atoms with Gasteiger partial charge < -0.3 is 10.0 Å². The molecule has 0 atom stereocenters. The summed E-state index contributed by atoms with van der Waals surface area (Å²) in [7, 11) is 1.69. The fourth-order valence-corrected chi connectivity index (χ4v) is 2.79. The second kappa shape index (κ2) is 6.61. The van der Waals surface area contributed by atoms with Crippen LogP contribution in [0.5, 0.6) is 0 Å². The first-order valence-electron chi connectivity index (χ1n) is 7.32. The molecule has 1 aliphatic rings. The summed E-state index contributed by atoms with van der Waals surface area (Å²) in [6, 6.07) is 7.43. The minimum atomic E-state index is -0.965. The number of urea groups is 1. The first-order valence-corrected chi connectivity index (χ1v) is 7.32. The van der Waals surface area contributed by atoms with Crippen LogP contribution in [0.3, 0.4) is 0 Å². The fraction of sp³-hybridized carbons (Fsp3) is 0.500. The molecule has 1 saturated carbocycles. The Bertz CT molecular complexity index is 507. The zero-order chi connectivity index (χ0) is 15.4. The van der Waals surface area contributed by atoms with Crippen LogP contribution in [0.4, 0.5) is 10.5 Å². The Labute approximate surface area is 125 Å². The summed E-state index contributed by atoms with van der Waals surface area (Å²) in [5.41, 5.74) is 1.90. The van der Waals surface area contributed by atoms with Crippen LogP contribution in [0, 0.1) is 6.92 Å². The highest BCUT2D eigenvalue weighted by molar-refractivity contribution is 5.93. The molecule has 5 heteroatoms. The summed E-state index contributed by atoms with van der Waals surface area (Å²) >= 11 is 0. The average Bonchev–Trinajstić information content (AvgIpc) is 2.98. The van der Waals surface area contributed by atoms with Crippen molar-refractivity contribution in [1.82, 2.24) is 4.90 Å². The molecule has 5 nitrogen and oxygen atoms in total. The number of aryl methyl sites for hydroxylation is 1. The van der Waals surface area contributed by atoms with Gasteiger partial charge in [0.1, 0.15) is 6.54 Å². The van der Waals surface area contributed by atoms with Gasteiger partial charge in [-0.3, -0.25) is 9.69 Å². The van der Waals surface area contributed by atoms with Gasteiger partial charge in [-0.15, -0.1) is 0 Å². The SMILES string of the molecule is Cc1ccc(N(C)C(=O)N(CC(=O)O)C2CCCC2)cc1. The Morgan fingerprint density at radius 2 is 1.76 bits per heavy atom. The maximum atomic E-state index is 12.6. The fourth-order valence-electron chi connectivity index (χ4n) is 2.79. The minimum absolute atomic E-state index is 0.0431. The number of carbonyl (C=O) groups excluding carboxylic acids is 1. The van der Waals surface area contributed by atoms with E-state index in [1.165, 1.54) is 9.80 Å². The predicted octanol–water partition coefficient (Wildman–Crippen LogP) is 2.88. The van der Waals surface area contributed by atoms with Crippen molar-refractivity contribution < 1.29 is 14.7 Å². The van der Waals surface area contributed by atoms with Crippen LogP contribution in [0.2, 0.25) is 0 Å². The van der Waals surface area contributed by atoms with E-state index >= 15 is 0 Å². The molecule has 2 rings (SSSR count). The van der Waals surface area contributed by atoms with Crippen molar-refractivity contribution in [3.05, 3.63) is 29.8 Å². The second-order valence-corrected chi connectivity index (χ2v) is 5.64. The van der Waals surface area contributed by atoms with Gasteiger partial charge in [-0.2, -0.15) is 0 Å². The number of carbonyl (C=O) groups is 2. The first-order chi connectivity index (χ1) is 9.99. The number of anilines is 1. The molecular weight excluding hydrogens is 268 g/mol. The summed E-state index contributed by atoms with van der Waals surface area (Å²) in [4.78, 5) is 26.7. The van der Waals surface area contributed by atoms with Crippen molar-refractivity contribution in [2.24, 2.45) is 0 Å². The molecule has 0 aromatic heterocycles. The summed E-state index contributed by atoms with van der Waals surface area (Å²) in [5.74, 6) is -0.965. The Balaban J connectivity index is 2.16. The molecule has 1 aromatic rings. The summed E-state index contributed by atoms with van der Waals surface area (Å²) in [5, 5.41) is 9.07. The third-order valence-electron chi connectivity index (χ3n) is 4.02. The molecule has 0 spiro atoms. The second-order valence-electron chi connectivity index (χ2n) is 5.64. The Kier molecular flexibility index (Phi) is 4.83. The lowest BCUT2D eigenvalue weighted by Gasteiger charge is -2.31. The lowest BCUT2D eigenvalue weighted by Crippen LogP contribution is -2.48. The van der Waals surface area contributed by atoms with Crippen molar-refractivity contribution in [2.45, 2.75) is 38.6 Å². The van der Waals surface area contributed by atoms with E-state index in [0.29, 0.717) is 0 Å². The molecule has 114 valence electrons.